The number of allylic oxidation sites excluding steroid dienone is 2. The van der Waals surface area contributed by atoms with Gasteiger partial charge in [-0.05, 0) is 38.5 Å². The molecule has 0 radical (unpaired) electrons. The molecule has 3 aliphatic heterocycles. The zero-order valence-corrected chi connectivity index (χ0v) is 18.8. The maximum absolute atomic E-state index is 12.5. The van der Waals surface area contributed by atoms with Gasteiger partial charge in [0.05, 0.1) is 24.4 Å². The highest BCUT2D eigenvalue weighted by atomic mass is 32.2. The van der Waals surface area contributed by atoms with Gasteiger partial charge in [0.15, 0.2) is 5.79 Å². The van der Waals surface area contributed by atoms with Crippen LogP contribution in [0, 0.1) is 5.92 Å². The summed E-state index contributed by atoms with van der Waals surface area (Å²) in [5.41, 5.74) is 0.735. The average Bonchev–Trinajstić information content (AvgIpc) is 3.14. The number of carbonyl (C=O) groups excluding carboxylic acids is 2. The van der Waals surface area contributed by atoms with Gasteiger partial charge in [0.1, 0.15) is 6.10 Å². The van der Waals surface area contributed by atoms with E-state index < -0.39 is 36.1 Å². The topological polar surface area (TPSA) is 125 Å². The third-order valence-corrected chi connectivity index (χ3v) is 6.97. The molecular formula is C22H33NO7S. The third kappa shape index (κ3) is 6.79. The van der Waals surface area contributed by atoms with E-state index in [1.807, 2.05) is 13.0 Å². The van der Waals surface area contributed by atoms with Crippen molar-refractivity contribution < 1.29 is 34.4 Å². The number of nitrogens with one attached hydrogen (secondary N) is 1. The monoisotopic (exact) mass is 455 g/mol. The first-order valence-corrected chi connectivity index (χ1v) is 11.9. The summed E-state index contributed by atoms with van der Waals surface area (Å²) in [5, 5.41) is 34.1. The lowest BCUT2D eigenvalue weighted by Gasteiger charge is -2.43. The van der Waals surface area contributed by atoms with Crippen molar-refractivity contribution in [1.82, 2.24) is 5.32 Å². The van der Waals surface area contributed by atoms with Gasteiger partial charge in [-0.2, -0.15) is 0 Å². The van der Waals surface area contributed by atoms with Crippen LogP contribution in [-0.2, 0) is 14.3 Å². The zero-order valence-electron chi connectivity index (χ0n) is 18.0. The first-order valence-electron chi connectivity index (χ1n) is 10.9. The SMILES string of the molecule is C/C1=C/C(=O)O[C@@H]2C[C@@H](CC[C@H](C)/C=C/[C@H](O)[C@@H](O)CC1)O[C@@](O)([C@H]1CSC(=O)N1)C2. The lowest BCUT2D eigenvalue weighted by molar-refractivity contribution is -0.283. The number of amides is 1. The number of esters is 1. The largest absolute Gasteiger partial charge is 0.459 e. The Morgan fingerprint density at radius 1 is 1.16 bits per heavy atom. The van der Waals surface area contributed by atoms with Crippen LogP contribution in [0.25, 0.3) is 0 Å². The number of fused-ring (bicyclic) bond motifs is 2. The molecule has 2 fully saturated rings. The van der Waals surface area contributed by atoms with Gasteiger partial charge in [0, 0.05) is 24.7 Å². The summed E-state index contributed by atoms with van der Waals surface area (Å²) in [4.78, 5) is 24.1. The van der Waals surface area contributed by atoms with Crippen LogP contribution in [0.5, 0.6) is 0 Å². The van der Waals surface area contributed by atoms with E-state index in [1.165, 1.54) is 6.08 Å². The molecule has 7 atom stereocenters. The van der Waals surface area contributed by atoms with Crippen LogP contribution in [0.2, 0.25) is 0 Å². The smallest absolute Gasteiger partial charge is 0.330 e. The van der Waals surface area contributed by atoms with E-state index in [0.29, 0.717) is 31.4 Å². The molecule has 8 nitrogen and oxygen atoms in total. The van der Waals surface area contributed by atoms with E-state index in [-0.39, 0.29) is 23.7 Å². The van der Waals surface area contributed by atoms with Crippen LogP contribution >= 0.6 is 11.8 Å². The van der Waals surface area contributed by atoms with Gasteiger partial charge in [0.25, 0.3) is 5.24 Å². The van der Waals surface area contributed by atoms with E-state index >= 15 is 0 Å². The Hall–Kier alpha value is -1.39. The van der Waals surface area contributed by atoms with Crippen LogP contribution in [0.15, 0.2) is 23.8 Å². The first-order chi connectivity index (χ1) is 14.6. The molecular weight excluding hydrogens is 422 g/mol. The van der Waals surface area contributed by atoms with Gasteiger partial charge in [0.2, 0.25) is 0 Å². The van der Waals surface area contributed by atoms with Crippen LogP contribution in [0.1, 0.15) is 52.4 Å². The number of aliphatic hydroxyl groups is 3. The highest BCUT2D eigenvalue weighted by molar-refractivity contribution is 8.14. The van der Waals surface area contributed by atoms with E-state index in [4.69, 9.17) is 9.47 Å². The minimum Gasteiger partial charge on any atom is -0.459 e. The molecule has 0 spiro atoms. The Labute approximate surface area is 187 Å². The number of thioether (sulfide) groups is 1. The Bertz CT molecular complexity index is 727. The molecule has 0 aromatic heterocycles. The number of ether oxygens (including phenoxy) is 2. The molecule has 4 N–H and O–H groups in total. The third-order valence-electron chi connectivity index (χ3n) is 6.09. The Morgan fingerprint density at radius 3 is 2.65 bits per heavy atom. The van der Waals surface area contributed by atoms with Crippen molar-refractivity contribution >= 4 is 23.0 Å². The molecule has 0 aromatic rings. The normalized spacial score (nSPS) is 43.5. The van der Waals surface area contributed by atoms with Crippen molar-refractivity contribution in [2.24, 2.45) is 5.92 Å². The second kappa shape index (κ2) is 10.5. The average molecular weight is 456 g/mol. The predicted molar refractivity (Wildman–Crippen MR) is 116 cm³/mol. The molecule has 2 bridgehead atoms. The van der Waals surface area contributed by atoms with Gasteiger partial charge in [-0.15, -0.1) is 0 Å². The number of hydrogen-bond acceptors (Lipinski definition) is 8. The summed E-state index contributed by atoms with van der Waals surface area (Å²) in [6.07, 6.45) is 4.79. The molecule has 1 amide bonds. The van der Waals surface area contributed by atoms with Crippen molar-refractivity contribution in [3.8, 4) is 0 Å². The Kier molecular flexibility index (Phi) is 8.20. The van der Waals surface area contributed by atoms with Gasteiger partial charge >= 0.3 is 5.97 Å². The number of rotatable bonds is 1. The van der Waals surface area contributed by atoms with Crippen LogP contribution in [0.3, 0.4) is 0 Å². The first kappa shape index (κ1) is 24.3. The lowest BCUT2D eigenvalue weighted by Crippen LogP contribution is -2.58. The van der Waals surface area contributed by atoms with Crippen molar-refractivity contribution in [2.75, 3.05) is 5.75 Å². The summed E-state index contributed by atoms with van der Waals surface area (Å²) >= 11 is 1.10. The molecule has 0 unspecified atom stereocenters. The maximum Gasteiger partial charge on any atom is 0.330 e. The highest BCUT2D eigenvalue weighted by Gasteiger charge is 2.49. The Balaban J connectivity index is 1.79. The standard InChI is InChI=1S/C22H33NO7S/c1-13-3-6-15-10-16(11-22(28,30-15)19-12-31-21(27)23-19)29-20(26)9-14(2)5-8-18(25)17(24)7-4-13/h4,7,9,13,15-19,24-25,28H,3,5-6,8,10-12H2,1-2H3,(H,23,27)/b7-4+,14-9-/t13-,15+,16+,17-,18-,19+,22+/m0/s1. The predicted octanol–water partition coefficient (Wildman–Crippen LogP) is 2.03. The van der Waals surface area contributed by atoms with Crippen molar-refractivity contribution in [3.05, 3.63) is 23.8 Å². The van der Waals surface area contributed by atoms with Gasteiger partial charge in [-0.1, -0.05) is 36.4 Å². The van der Waals surface area contributed by atoms with E-state index in [2.05, 4.69) is 5.32 Å². The fraction of sp³-hybridized carbons (Fsp3) is 0.727. The van der Waals surface area contributed by atoms with Gasteiger partial charge in [-0.25, -0.2) is 4.79 Å². The second-order valence-corrected chi connectivity index (χ2v) is 9.90. The number of aliphatic hydroxyl groups excluding tert-OH is 2. The van der Waals surface area contributed by atoms with E-state index in [1.54, 1.807) is 13.0 Å². The zero-order chi connectivity index (χ0) is 22.6. The molecule has 2 saturated heterocycles. The van der Waals surface area contributed by atoms with Crippen molar-refractivity contribution in [1.29, 1.82) is 0 Å². The fourth-order valence-corrected chi connectivity index (χ4v) is 5.09. The van der Waals surface area contributed by atoms with Crippen molar-refractivity contribution in [3.63, 3.8) is 0 Å². The quantitative estimate of drug-likeness (QED) is 0.350. The van der Waals surface area contributed by atoms with Crippen LogP contribution < -0.4 is 5.32 Å². The van der Waals surface area contributed by atoms with Crippen molar-refractivity contribution in [2.45, 2.75) is 88.6 Å². The molecule has 0 saturated carbocycles. The van der Waals surface area contributed by atoms with E-state index in [0.717, 1.165) is 23.8 Å². The number of hydrogen-bond donors (Lipinski definition) is 4. The van der Waals surface area contributed by atoms with Gasteiger partial charge < -0.3 is 30.1 Å². The van der Waals surface area contributed by atoms with Crippen LogP contribution in [0.4, 0.5) is 4.79 Å². The van der Waals surface area contributed by atoms with Crippen LogP contribution in [-0.4, -0.2) is 68.5 Å². The summed E-state index contributed by atoms with van der Waals surface area (Å²) in [5.74, 6) is -1.60. The molecule has 3 aliphatic rings. The minimum atomic E-state index is -1.60. The minimum absolute atomic E-state index is 0.0913. The van der Waals surface area contributed by atoms with Gasteiger partial charge in [-0.3, -0.25) is 4.79 Å². The summed E-state index contributed by atoms with van der Waals surface area (Å²) in [7, 11) is 0. The second-order valence-electron chi connectivity index (χ2n) is 8.91. The molecule has 3 heterocycles. The summed E-state index contributed by atoms with van der Waals surface area (Å²) < 4.78 is 11.7. The molecule has 9 heteroatoms. The molecule has 0 aliphatic carbocycles. The molecule has 3 rings (SSSR count). The molecule has 0 aromatic carbocycles. The number of carbonyl (C=O) groups is 2. The molecule has 174 valence electrons. The summed E-state index contributed by atoms with van der Waals surface area (Å²) in [6.45, 7) is 3.78. The summed E-state index contributed by atoms with van der Waals surface area (Å²) in [6, 6.07) is -0.564. The Morgan fingerprint density at radius 2 is 1.94 bits per heavy atom. The lowest BCUT2D eigenvalue weighted by atomic mass is 9.90. The molecule has 31 heavy (non-hydrogen) atoms. The van der Waals surface area contributed by atoms with E-state index in [9.17, 15) is 24.9 Å². The highest BCUT2D eigenvalue weighted by Crippen LogP contribution is 2.37. The fourth-order valence-electron chi connectivity index (χ4n) is 4.20. The maximum atomic E-state index is 12.5.